The van der Waals surface area contributed by atoms with Crippen molar-refractivity contribution in [2.75, 3.05) is 49.4 Å². The third kappa shape index (κ3) is 11.7. The van der Waals surface area contributed by atoms with Gasteiger partial charge in [-0.05, 0) is 210 Å². The molecular formula is C94H84F4N2O4. The van der Waals surface area contributed by atoms with Crippen LogP contribution in [0, 0.1) is 34.1 Å². The lowest BCUT2D eigenvalue weighted by Crippen LogP contribution is -2.46. The highest BCUT2D eigenvalue weighted by Gasteiger charge is 2.49. The molecule has 0 amide bonds. The number of fused-ring (bicyclic) bond motifs is 6. The molecule has 6 nitrogen and oxygen atoms in total. The van der Waals surface area contributed by atoms with E-state index >= 15 is 17.6 Å². The maximum absolute atomic E-state index is 16.8. The average molecular weight is 1380 g/mol. The van der Waals surface area contributed by atoms with Crippen LogP contribution in [0.4, 0.5) is 51.7 Å². The summed E-state index contributed by atoms with van der Waals surface area (Å²) in [5, 5.41) is 0. The normalized spacial score (nSPS) is 17.4. The molecule has 522 valence electrons. The molecule has 0 saturated carbocycles. The summed E-state index contributed by atoms with van der Waals surface area (Å²) in [6.45, 7) is 21.6. The van der Waals surface area contributed by atoms with E-state index in [0.29, 0.717) is 62.4 Å². The minimum Gasteiger partial charge on any atom is -0.493 e. The predicted molar refractivity (Wildman–Crippen MR) is 411 cm³/mol. The van der Waals surface area contributed by atoms with Gasteiger partial charge in [-0.2, -0.15) is 0 Å². The minimum absolute atomic E-state index is 0.00262. The summed E-state index contributed by atoms with van der Waals surface area (Å²) in [6.07, 6.45) is 1.93. The zero-order valence-corrected chi connectivity index (χ0v) is 60.1. The molecular weight excluding hydrogens is 1300 g/mol. The van der Waals surface area contributed by atoms with Crippen molar-refractivity contribution < 1.29 is 36.5 Å². The Morgan fingerprint density at radius 2 is 0.673 bits per heavy atom. The summed E-state index contributed by atoms with van der Waals surface area (Å²) >= 11 is 0. The second-order valence-electron chi connectivity index (χ2n) is 31.0. The standard InChI is InChI=1S/C94H84F4N2O4/c1-9-91(55-101-56-91)59-103-75-43-31-67(32-44-75)93(65-27-23-63(24-28-65)89(3,4)5)81-17-13-11-15-77(81)79-47-41-73(53-83(79)93)99(87-49-35-69(95)51-85(87)97)71-37-19-61(20-38-71)62-21-39-72(40-22-62)100(88-50-36-70(96)52-86(88)98)74-42-48-80-78-16-12-14-18-82(78)94(84(80)54-74,66-29-25-64(26-30-66)90(6,7)8)68-33-45-76(46-34-68)104-60-92(10-2)57-102-58-92/h11-54H,9-10,55-60H2,1-8H3. The molecule has 104 heavy (non-hydrogen) atoms. The Bertz CT molecular complexity index is 4850. The van der Waals surface area contributed by atoms with Gasteiger partial charge in [0.15, 0.2) is 0 Å². The molecule has 0 bridgehead atoms. The Kier molecular flexibility index (Phi) is 17.2. The van der Waals surface area contributed by atoms with E-state index in [-0.39, 0.29) is 33.0 Å². The molecule has 0 N–H and O–H groups in total. The lowest BCUT2D eigenvalue weighted by Gasteiger charge is -2.40. The fraction of sp³-hybridized carbons (Fsp3) is 0.234. The van der Waals surface area contributed by atoms with Crippen molar-refractivity contribution in [3.63, 3.8) is 0 Å². The largest absolute Gasteiger partial charge is 0.493 e. The van der Waals surface area contributed by atoms with Gasteiger partial charge in [-0.1, -0.05) is 213 Å². The van der Waals surface area contributed by atoms with Gasteiger partial charge < -0.3 is 28.7 Å². The van der Waals surface area contributed by atoms with Gasteiger partial charge >= 0.3 is 0 Å². The van der Waals surface area contributed by atoms with E-state index in [9.17, 15) is 0 Å². The highest BCUT2D eigenvalue weighted by Crippen LogP contribution is 2.60. The summed E-state index contributed by atoms with van der Waals surface area (Å²) in [4.78, 5) is 3.72. The Labute approximate surface area is 608 Å². The summed E-state index contributed by atoms with van der Waals surface area (Å²) in [5.41, 5.74) is 18.0. The molecule has 0 spiro atoms. The maximum atomic E-state index is 16.8. The SMILES string of the molecule is CCC1(COc2ccc(C3(c4ccc(C(C)(C)C)cc4)c4ccccc4-c4ccc(N(c5ccc(-c6ccc(N(c7ccc8c(c7)C(c7ccc(OCC9(CC)COC9)cc7)(c7ccc(C(C)(C)C)cc7)c7ccccc7-8)c7ccc(F)cc7F)cc6)cc5)c5ccc(F)cc5F)cc43)cc2)COC1. The topological polar surface area (TPSA) is 43.4 Å². The lowest BCUT2D eigenvalue weighted by atomic mass is 9.67. The van der Waals surface area contributed by atoms with Crippen molar-refractivity contribution in [3.8, 4) is 44.9 Å². The molecule has 12 aromatic rings. The molecule has 2 saturated heterocycles. The highest BCUT2D eigenvalue weighted by molar-refractivity contribution is 5.92. The predicted octanol–water partition coefficient (Wildman–Crippen LogP) is 23.8. The van der Waals surface area contributed by atoms with Gasteiger partial charge in [-0.25, -0.2) is 17.6 Å². The van der Waals surface area contributed by atoms with Gasteiger partial charge in [-0.15, -0.1) is 0 Å². The molecule has 2 aliphatic heterocycles. The molecule has 4 aliphatic rings. The molecule has 2 heterocycles. The molecule has 2 atom stereocenters. The van der Waals surface area contributed by atoms with Crippen molar-refractivity contribution in [3.05, 3.63) is 346 Å². The smallest absolute Gasteiger partial charge is 0.150 e. The van der Waals surface area contributed by atoms with Crippen LogP contribution in [0.25, 0.3) is 33.4 Å². The first-order chi connectivity index (χ1) is 50.2. The van der Waals surface area contributed by atoms with Crippen molar-refractivity contribution in [1.82, 2.24) is 0 Å². The Balaban J connectivity index is 0.781. The van der Waals surface area contributed by atoms with E-state index in [0.717, 1.165) is 114 Å². The van der Waals surface area contributed by atoms with Crippen molar-refractivity contribution in [1.29, 1.82) is 0 Å². The number of benzene rings is 12. The second kappa shape index (κ2) is 26.3. The third-order valence-electron chi connectivity index (χ3n) is 22.6. The van der Waals surface area contributed by atoms with E-state index in [4.69, 9.17) is 18.9 Å². The number of nitrogens with zero attached hydrogens (tertiary/aromatic N) is 2. The first-order valence-electron chi connectivity index (χ1n) is 36.3. The van der Waals surface area contributed by atoms with Crippen LogP contribution in [-0.4, -0.2) is 39.6 Å². The van der Waals surface area contributed by atoms with Crippen LogP contribution < -0.4 is 19.3 Å². The third-order valence-corrected chi connectivity index (χ3v) is 22.6. The number of rotatable bonds is 19. The number of hydrogen-bond donors (Lipinski definition) is 0. The van der Waals surface area contributed by atoms with Crippen LogP contribution in [0.2, 0.25) is 0 Å². The molecule has 2 aliphatic carbocycles. The van der Waals surface area contributed by atoms with Gasteiger partial charge in [-0.3, -0.25) is 0 Å². The summed E-state index contributed by atoms with van der Waals surface area (Å²) in [5.74, 6) is -1.26. The number of anilines is 6. The lowest BCUT2D eigenvalue weighted by molar-refractivity contribution is -0.133. The Morgan fingerprint density at radius 1 is 0.346 bits per heavy atom. The zero-order chi connectivity index (χ0) is 71.9. The Morgan fingerprint density at radius 3 is 0.990 bits per heavy atom. The van der Waals surface area contributed by atoms with Gasteiger partial charge in [0.1, 0.15) is 34.8 Å². The van der Waals surface area contributed by atoms with Crippen LogP contribution in [0.5, 0.6) is 11.5 Å². The second-order valence-corrected chi connectivity index (χ2v) is 31.0. The summed E-state index contributed by atoms with van der Waals surface area (Å²) in [6, 6.07) is 88.1. The average Bonchev–Trinajstić information content (AvgIpc) is 1.54. The fourth-order valence-electron chi connectivity index (χ4n) is 16.3. The first-order valence-corrected chi connectivity index (χ1v) is 36.3. The van der Waals surface area contributed by atoms with E-state index in [1.807, 2.05) is 70.5 Å². The maximum Gasteiger partial charge on any atom is 0.150 e. The number of hydrogen-bond acceptors (Lipinski definition) is 6. The van der Waals surface area contributed by atoms with Crippen molar-refractivity contribution in [2.24, 2.45) is 10.8 Å². The van der Waals surface area contributed by atoms with E-state index in [1.165, 1.54) is 35.4 Å². The molecule has 16 rings (SSSR count). The van der Waals surface area contributed by atoms with Crippen molar-refractivity contribution >= 4 is 34.1 Å². The van der Waals surface area contributed by atoms with Crippen LogP contribution in [0.1, 0.15) is 124 Å². The minimum atomic E-state index is -0.840. The molecule has 0 aromatic heterocycles. The molecule has 12 aromatic carbocycles. The quantitative estimate of drug-likeness (QED) is 0.0752. The molecule has 2 unspecified atom stereocenters. The molecule has 2 fully saturated rings. The molecule has 10 heteroatoms. The van der Waals surface area contributed by atoms with Gasteiger partial charge in [0.2, 0.25) is 0 Å². The Hall–Kier alpha value is -10.5. The van der Waals surface area contributed by atoms with Crippen LogP contribution in [-0.2, 0) is 31.1 Å². The van der Waals surface area contributed by atoms with Gasteiger partial charge in [0.25, 0.3) is 0 Å². The van der Waals surface area contributed by atoms with Gasteiger partial charge in [0.05, 0.1) is 72.7 Å². The van der Waals surface area contributed by atoms with Crippen LogP contribution >= 0.6 is 0 Å². The monoisotopic (exact) mass is 1380 g/mol. The van der Waals surface area contributed by atoms with E-state index in [1.54, 1.807) is 0 Å². The highest BCUT2D eigenvalue weighted by atomic mass is 19.1. The zero-order valence-electron chi connectivity index (χ0n) is 60.1. The summed E-state index contributed by atoms with van der Waals surface area (Å²) in [7, 11) is 0. The van der Waals surface area contributed by atoms with Crippen LogP contribution in [0.15, 0.2) is 267 Å². The molecule has 0 radical (unpaired) electrons. The van der Waals surface area contributed by atoms with Crippen LogP contribution in [0.3, 0.4) is 0 Å². The van der Waals surface area contributed by atoms with E-state index in [2.05, 4.69) is 225 Å². The number of ether oxygens (including phenoxy) is 4. The van der Waals surface area contributed by atoms with Gasteiger partial charge in [0, 0.05) is 34.9 Å². The van der Waals surface area contributed by atoms with Crippen molar-refractivity contribution in [2.45, 2.75) is 89.9 Å². The first kappa shape index (κ1) is 67.9. The van der Waals surface area contributed by atoms with E-state index < -0.39 is 34.1 Å². The fourth-order valence-corrected chi connectivity index (χ4v) is 16.3. The summed E-state index contributed by atoms with van der Waals surface area (Å²) < 4.78 is 88.2. The number of halogens is 4.